The molecular formula is C20H20FN. The van der Waals surface area contributed by atoms with Gasteiger partial charge in [-0.25, -0.2) is 4.39 Å². The Kier molecular flexibility index (Phi) is 4.81. The van der Waals surface area contributed by atoms with Crippen LogP contribution in [0.3, 0.4) is 0 Å². The highest BCUT2D eigenvalue weighted by Gasteiger charge is 2.10. The van der Waals surface area contributed by atoms with Crippen LogP contribution in [-0.4, -0.2) is 18.0 Å². The van der Waals surface area contributed by atoms with E-state index in [0.29, 0.717) is 0 Å². The standard InChI is InChI=1S/C20H20FN/c21-20-10-8-19(9-11-20)16-22-14-12-18(13-15-22)7-6-17-4-2-1-3-5-17/h1-12H,13-16H2. The lowest BCUT2D eigenvalue weighted by molar-refractivity contribution is 0.287. The molecule has 0 bridgehead atoms. The molecule has 0 unspecified atom stereocenters. The first-order valence-corrected chi connectivity index (χ1v) is 7.68. The molecule has 1 aliphatic rings. The highest BCUT2D eigenvalue weighted by molar-refractivity contribution is 5.52. The van der Waals surface area contributed by atoms with Crippen LogP contribution >= 0.6 is 0 Å². The summed E-state index contributed by atoms with van der Waals surface area (Å²) in [6, 6.07) is 17.2. The molecular weight excluding hydrogens is 273 g/mol. The van der Waals surface area contributed by atoms with Gasteiger partial charge in [0.25, 0.3) is 0 Å². The maximum atomic E-state index is 12.9. The highest BCUT2D eigenvalue weighted by Crippen LogP contribution is 2.16. The molecule has 0 saturated carbocycles. The quantitative estimate of drug-likeness (QED) is 0.791. The van der Waals surface area contributed by atoms with Crippen molar-refractivity contribution in [2.75, 3.05) is 13.1 Å². The molecule has 0 radical (unpaired) electrons. The van der Waals surface area contributed by atoms with Crippen LogP contribution in [0, 0.1) is 5.82 Å². The fourth-order valence-electron chi connectivity index (χ4n) is 2.64. The van der Waals surface area contributed by atoms with Crippen LogP contribution in [0.1, 0.15) is 17.5 Å². The zero-order valence-corrected chi connectivity index (χ0v) is 12.6. The largest absolute Gasteiger partial charge is 0.295 e. The van der Waals surface area contributed by atoms with Gasteiger partial charge in [0.05, 0.1) is 0 Å². The van der Waals surface area contributed by atoms with E-state index < -0.39 is 0 Å². The Hall–Kier alpha value is -2.19. The van der Waals surface area contributed by atoms with E-state index in [-0.39, 0.29) is 5.82 Å². The van der Waals surface area contributed by atoms with Crippen LogP contribution in [-0.2, 0) is 6.54 Å². The molecule has 3 rings (SSSR count). The SMILES string of the molecule is Fc1ccc(CN2CC=C(C=Cc3ccccc3)CC2)cc1. The topological polar surface area (TPSA) is 3.24 Å². The van der Waals surface area contributed by atoms with Crippen LogP contribution in [0.4, 0.5) is 4.39 Å². The first-order chi connectivity index (χ1) is 10.8. The molecule has 2 aromatic carbocycles. The first kappa shape index (κ1) is 14.7. The van der Waals surface area contributed by atoms with E-state index >= 15 is 0 Å². The zero-order chi connectivity index (χ0) is 15.2. The van der Waals surface area contributed by atoms with Crippen LogP contribution in [0.5, 0.6) is 0 Å². The number of rotatable bonds is 4. The number of allylic oxidation sites excluding steroid dienone is 1. The Balaban J connectivity index is 1.55. The van der Waals surface area contributed by atoms with Gasteiger partial charge in [0.2, 0.25) is 0 Å². The molecule has 0 saturated heterocycles. The van der Waals surface area contributed by atoms with E-state index in [2.05, 4.69) is 47.4 Å². The number of hydrogen-bond donors (Lipinski definition) is 0. The number of nitrogens with zero attached hydrogens (tertiary/aromatic N) is 1. The van der Waals surface area contributed by atoms with Crippen LogP contribution in [0.2, 0.25) is 0 Å². The molecule has 0 spiro atoms. The third-order valence-corrected chi connectivity index (χ3v) is 3.94. The van der Waals surface area contributed by atoms with Crippen molar-refractivity contribution in [3.8, 4) is 0 Å². The summed E-state index contributed by atoms with van der Waals surface area (Å²) >= 11 is 0. The molecule has 2 heteroatoms. The van der Waals surface area contributed by atoms with Crippen molar-refractivity contribution in [3.63, 3.8) is 0 Å². The van der Waals surface area contributed by atoms with Gasteiger partial charge in [0.1, 0.15) is 5.82 Å². The molecule has 0 N–H and O–H groups in total. The van der Waals surface area contributed by atoms with Crippen molar-refractivity contribution in [1.82, 2.24) is 4.90 Å². The molecule has 112 valence electrons. The average molecular weight is 293 g/mol. The van der Waals surface area contributed by atoms with Crippen LogP contribution < -0.4 is 0 Å². The van der Waals surface area contributed by atoms with E-state index in [1.807, 2.05) is 18.2 Å². The third-order valence-electron chi connectivity index (χ3n) is 3.94. The summed E-state index contributed by atoms with van der Waals surface area (Å²) in [6.45, 7) is 2.88. The Morgan fingerprint density at radius 1 is 0.955 bits per heavy atom. The lowest BCUT2D eigenvalue weighted by Crippen LogP contribution is -2.28. The minimum absolute atomic E-state index is 0.171. The monoisotopic (exact) mass is 293 g/mol. The molecule has 0 amide bonds. The zero-order valence-electron chi connectivity index (χ0n) is 12.6. The number of halogens is 1. The predicted octanol–water partition coefficient (Wildman–Crippen LogP) is 4.67. The second kappa shape index (κ2) is 7.19. The number of benzene rings is 2. The van der Waals surface area contributed by atoms with Crippen molar-refractivity contribution >= 4 is 6.08 Å². The Morgan fingerprint density at radius 3 is 2.41 bits per heavy atom. The molecule has 1 nitrogen and oxygen atoms in total. The van der Waals surface area contributed by atoms with Crippen LogP contribution in [0.15, 0.2) is 72.3 Å². The summed E-state index contributed by atoms with van der Waals surface area (Å²) in [5, 5.41) is 0. The van der Waals surface area contributed by atoms with Gasteiger partial charge < -0.3 is 0 Å². The molecule has 0 atom stereocenters. The molecule has 2 aromatic rings. The first-order valence-electron chi connectivity index (χ1n) is 7.68. The van der Waals surface area contributed by atoms with Gasteiger partial charge in [-0.2, -0.15) is 0 Å². The second-order valence-electron chi connectivity index (χ2n) is 5.63. The minimum Gasteiger partial charge on any atom is -0.295 e. The normalized spacial score (nSPS) is 16.0. The van der Waals surface area contributed by atoms with Gasteiger partial charge >= 0.3 is 0 Å². The van der Waals surface area contributed by atoms with Crippen molar-refractivity contribution in [3.05, 3.63) is 89.3 Å². The fourth-order valence-corrected chi connectivity index (χ4v) is 2.64. The van der Waals surface area contributed by atoms with Gasteiger partial charge in [-0.15, -0.1) is 0 Å². The Morgan fingerprint density at radius 2 is 1.73 bits per heavy atom. The van der Waals surface area contributed by atoms with Crippen LogP contribution in [0.25, 0.3) is 6.08 Å². The van der Waals surface area contributed by atoms with Gasteiger partial charge in [-0.05, 0) is 35.3 Å². The van der Waals surface area contributed by atoms with Gasteiger partial charge in [-0.1, -0.05) is 60.7 Å². The summed E-state index contributed by atoms with van der Waals surface area (Å²) in [4.78, 5) is 2.38. The highest BCUT2D eigenvalue weighted by atomic mass is 19.1. The van der Waals surface area contributed by atoms with Crippen molar-refractivity contribution in [2.45, 2.75) is 13.0 Å². The summed E-state index contributed by atoms with van der Waals surface area (Å²) in [5.41, 5.74) is 3.79. The van der Waals surface area contributed by atoms with Gasteiger partial charge in [-0.3, -0.25) is 4.90 Å². The summed E-state index contributed by atoms with van der Waals surface area (Å²) in [5.74, 6) is -0.171. The van der Waals surface area contributed by atoms with Crippen molar-refractivity contribution in [2.24, 2.45) is 0 Å². The summed E-state index contributed by atoms with van der Waals surface area (Å²) < 4.78 is 12.9. The minimum atomic E-state index is -0.171. The molecule has 0 fully saturated rings. The Bertz CT molecular complexity index is 656. The molecule has 0 aromatic heterocycles. The number of hydrogen-bond acceptors (Lipinski definition) is 1. The van der Waals surface area contributed by atoms with Gasteiger partial charge in [0, 0.05) is 19.6 Å². The summed E-state index contributed by atoms with van der Waals surface area (Å²) in [7, 11) is 0. The molecule has 0 aliphatic carbocycles. The maximum absolute atomic E-state index is 12.9. The van der Waals surface area contributed by atoms with E-state index in [0.717, 1.165) is 31.6 Å². The molecule has 22 heavy (non-hydrogen) atoms. The van der Waals surface area contributed by atoms with E-state index in [9.17, 15) is 4.39 Å². The third kappa shape index (κ3) is 4.15. The lowest BCUT2D eigenvalue weighted by Gasteiger charge is -2.25. The maximum Gasteiger partial charge on any atom is 0.123 e. The Labute approximate surface area is 131 Å². The van der Waals surface area contributed by atoms with E-state index in [1.54, 1.807) is 0 Å². The molecule has 1 heterocycles. The summed E-state index contributed by atoms with van der Waals surface area (Å²) in [6.07, 6.45) is 7.73. The average Bonchev–Trinajstić information content (AvgIpc) is 2.57. The fraction of sp³-hybridized carbons (Fsp3) is 0.200. The lowest BCUT2D eigenvalue weighted by atomic mass is 10.1. The molecule has 1 aliphatic heterocycles. The smallest absolute Gasteiger partial charge is 0.123 e. The predicted molar refractivity (Wildman–Crippen MR) is 89.9 cm³/mol. The van der Waals surface area contributed by atoms with Crippen molar-refractivity contribution in [1.29, 1.82) is 0 Å². The van der Waals surface area contributed by atoms with E-state index in [4.69, 9.17) is 0 Å². The van der Waals surface area contributed by atoms with Gasteiger partial charge in [0.15, 0.2) is 0 Å². The van der Waals surface area contributed by atoms with Crippen molar-refractivity contribution < 1.29 is 4.39 Å². The second-order valence-corrected chi connectivity index (χ2v) is 5.63. The van der Waals surface area contributed by atoms with E-state index in [1.165, 1.54) is 23.3 Å².